The van der Waals surface area contributed by atoms with Gasteiger partial charge in [0, 0.05) is 12.1 Å². The zero-order valence-corrected chi connectivity index (χ0v) is 14.3. The van der Waals surface area contributed by atoms with E-state index in [-0.39, 0.29) is 5.56 Å². The molecule has 1 aromatic heterocycles. The van der Waals surface area contributed by atoms with Crippen LogP contribution in [0, 0.1) is 13.8 Å². The lowest BCUT2D eigenvalue weighted by Crippen LogP contribution is -2.02. The number of benzene rings is 2. The third kappa shape index (κ3) is 2.52. The lowest BCUT2D eigenvalue weighted by atomic mass is 10.1. The molecule has 3 rings (SSSR count). The second kappa shape index (κ2) is 6.00. The van der Waals surface area contributed by atoms with Crippen LogP contribution < -0.4 is 4.74 Å². The molecule has 0 aliphatic heterocycles. The standard InChI is InChI=1S/C19H20N2O3/c1-5-21-16-9-12(3)11(2)8-15(16)20-18(21)13-6-7-14(19(22)23)17(10-13)24-4/h6-10H,5H2,1-4H3,(H,22,23). The summed E-state index contributed by atoms with van der Waals surface area (Å²) in [5.41, 5.74) is 5.43. The first-order valence-corrected chi connectivity index (χ1v) is 7.85. The molecule has 1 heterocycles. The highest BCUT2D eigenvalue weighted by Crippen LogP contribution is 2.30. The molecule has 5 heteroatoms. The van der Waals surface area contributed by atoms with Crippen molar-refractivity contribution in [2.24, 2.45) is 0 Å². The fourth-order valence-electron chi connectivity index (χ4n) is 2.93. The predicted octanol–water partition coefficient (Wildman–Crippen LogP) is 4.05. The summed E-state index contributed by atoms with van der Waals surface area (Å²) in [6.45, 7) is 7.01. The molecule has 0 aliphatic carbocycles. The fraction of sp³-hybridized carbons (Fsp3) is 0.263. The van der Waals surface area contributed by atoms with E-state index in [0.717, 1.165) is 29.0 Å². The second-order valence-electron chi connectivity index (χ2n) is 5.83. The van der Waals surface area contributed by atoms with Gasteiger partial charge in [0.1, 0.15) is 17.1 Å². The minimum atomic E-state index is -1.01. The first kappa shape index (κ1) is 16.1. The molecular weight excluding hydrogens is 304 g/mol. The van der Waals surface area contributed by atoms with Crippen LogP contribution in [0.25, 0.3) is 22.4 Å². The number of rotatable bonds is 4. The molecule has 24 heavy (non-hydrogen) atoms. The van der Waals surface area contributed by atoms with Crippen LogP contribution in [0.4, 0.5) is 0 Å². The van der Waals surface area contributed by atoms with Gasteiger partial charge in [-0.15, -0.1) is 0 Å². The summed E-state index contributed by atoms with van der Waals surface area (Å²) in [5.74, 6) is 0.142. The summed E-state index contributed by atoms with van der Waals surface area (Å²) in [4.78, 5) is 16.0. The second-order valence-corrected chi connectivity index (χ2v) is 5.83. The molecule has 0 radical (unpaired) electrons. The number of aromatic nitrogens is 2. The number of fused-ring (bicyclic) bond motifs is 1. The van der Waals surface area contributed by atoms with E-state index in [1.54, 1.807) is 18.2 Å². The van der Waals surface area contributed by atoms with Crippen LogP contribution in [0.15, 0.2) is 30.3 Å². The molecule has 0 unspecified atom stereocenters. The molecule has 0 fully saturated rings. The Labute approximate surface area is 140 Å². The van der Waals surface area contributed by atoms with Gasteiger partial charge in [-0.05, 0) is 56.2 Å². The molecule has 0 saturated carbocycles. The third-order valence-electron chi connectivity index (χ3n) is 4.37. The highest BCUT2D eigenvalue weighted by atomic mass is 16.5. The van der Waals surface area contributed by atoms with Crippen molar-refractivity contribution >= 4 is 17.0 Å². The first-order valence-electron chi connectivity index (χ1n) is 7.85. The maximum absolute atomic E-state index is 11.3. The van der Waals surface area contributed by atoms with Gasteiger partial charge < -0.3 is 14.4 Å². The Hall–Kier alpha value is -2.82. The number of hydrogen-bond acceptors (Lipinski definition) is 3. The normalized spacial score (nSPS) is 11.0. The Morgan fingerprint density at radius 1 is 1.21 bits per heavy atom. The van der Waals surface area contributed by atoms with E-state index >= 15 is 0 Å². The number of carbonyl (C=O) groups is 1. The Bertz CT molecular complexity index is 941. The predicted molar refractivity (Wildman–Crippen MR) is 93.8 cm³/mol. The Morgan fingerprint density at radius 3 is 2.54 bits per heavy atom. The van der Waals surface area contributed by atoms with Gasteiger partial charge in [-0.2, -0.15) is 0 Å². The van der Waals surface area contributed by atoms with Crippen molar-refractivity contribution in [3.05, 3.63) is 47.0 Å². The van der Waals surface area contributed by atoms with Crippen molar-refractivity contribution in [1.29, 1.82) is 0 Å². The van der Waals surface area contributed by atoms with Crippen molar-refractivity contribution in [2.75, 3.05) is 7.11 Å². The number of imidazole rings is 1. The van der Waals surface area contributed by atoms with Gasteiger partial charge in [-0.1, -0.05) is 6.07 Å². The van der Waals surface area contributed by atoms with Crippen LogP contribution >= 0.6 is 0 Å². The summed E-state index contributed by atoms with van der Waals surface area (Å²) in [7, 11) is 1.47. The van der Waals surface area contributed by atoms with Crippen LogP contribution in [0.1, 0.15) is 28.4 Å². The maximum Gasteiger partial charge on any atom is 0.339 e. The molecule has 5 nitrogen and oxygen atoms in total. The SMILES string of the molecule is CCn1c(-c2ccc(C(=O)O)c(OC)c2)nc2cc(C)c(C)cc21. The Morgan fingerprint density at radius 2 is 1.92 bits per heavy atom. The van der Waals surface area contributed by atoms with Gasteiger partial charge >= 0.3 is 5.97 Å². The Balaban J connectivity index is 2.24. The van der Waals surface area contributed by atoms with Crippen LogP contribution in [0.5, 0.6) is 5.75 Å². The molecule has 0 atom stereocenters. The molecule has 124 valence electrons. The Kier molecular flexibility index (Phi) is 4.01. The van der Waals surface area contributed by atoms with Gasteiger partial charge in [0.15, 0.2) is 0 Å². The van der Waals surface area contributed by atoms with E-state index in [2.05, 4.69) is 37.5 Å². The number of carboxylic acids is 1. The lowest BCUT2D eigenvalue weighted by Gasteiger charge is -2.10. The molecular formula is C19H20N2O3. The van der Waals surface area contributed by atoms with Crippen LogP contribution in [0.3, 0.4) is 0 Å². The minimum Gasteiger partial charge on any atom is -0.496 e. The van der Waals surface area contributed by atoms with Gasteiger partial charge in [0.2, 0.25) is 0 Å². The number of methoxy groups -OCH3 is 1. The van der Waals surface area contributed by atoms with Crippen molar-refractivity contribution in [3.63, 3.8) is 0 Å². The van der Waals surface area contributed by atoms with Gasteiger partial charge in [-0.25, -0.2) is 9.78 Å². The molecule has 0 spiro atoms. The van der Waals surface area contributed by atoms with Crippen LogP contribution in [-0.4, -0.2) is 27.7 Å². The number of carboxylic acid groups (broad SMARTS) is 1. The van der Waals surface area contributed by atoms with E-state index < -0.39 is 5.97 Å². The maximum atomic E-state index is 11.3. The molecule has 2 aromatic carbocycles. The zero-order chi connectivity index (χ0) is 17.4. The average molecular weight is 324 g/mol. The highest BCUT2D eigenvalue weighted by molar-refractivity contribution is 5.92. The summed E-state index contributed by atoms with van der Waals surface area (Å²) in [6, 6.07) is 9.30. The molecule has 0 bridgehead atoms. The fourth-order valence-corrected chi connectivity index (χ4v) is 2.93. The van der Waals surface area contributed by atoms with Gasteiger partial charge in [0.05, 0.1) is 18.1 Å². The monoisotopic (exact) mass is 324 g/mol. The number of aryl methyl sites for hydroxylation is 3. The summed E-state index contributed by atoms with van der Waals surface area (Å²) >= 11 is 0. The summed E-state index contributed by atoms with van der Waals surface area (Å²) in [6.07, 6.45) is 0. The average Bonchev–Trinajstić information content (AvgIpc) is 2.91. The largest absolute Gasteiger partial charge is 0.496 e. The smallest absolute Gasteiger partial charge is 0.339 e. The van der Waals surface area contributed by atoms with Gasteiger partial charge in [-0.3, -0.25) is 0 Å². The summed E-state index contributed by atoms with van der Waals surface area (Å²) < 4.78 is 7.37. The topological polar surface area (TPSA) is 64.4 Å². The van der Waals surface area contributed by atoms with Crippen molar-refractivity contribution in [3.8, 4) is 17.1 Å². The van der Waals surface area contributed by atoms with Gasteiger partial charge in [0.25, 0.3) is 0 Å². The number of ether oxygens (including phenoxy) is 1. The minimum absolute atomic E-state index is 0.145. The molecule has 1 N–H and O–H groups in total. The van der Waals surface area contributed by atoms with Crippen molar-refractivity contribution in [1.82, 2.24) is 9.55 Å². The number of hydrogen-bond donors (Lipinski definition) is 1. The quantitative estimate of drug-likeness (QED) is 0.786. The van der Waals surface area contributed by atoms with E-state index in [9.17, 15) is 9.90 Å². The zero-order valence-electron chi connectivity index (χ0n) is 14.3. The van der Waals surface area contributed by atoms with E-state index in [1.807, 2.05) is 0 Å². The van der Waals surface area contributed by atoms with Crippen molar-refractivity contribution < 1.29 is 14.6 Å². The number of aromatic carboxylic acids is 1. The van der Waals surface area contributed by atoms with Crippen LogP contribution in [0.2, 0.25) is 0 Å². The van der Waals surface area contributed by atoms with Crippen LogP contribution in [-0.2, 0) is 6.54 Å². The first-order chi connectivity index (χ1) is 11.5. The third-order valence-corrected chi connectivity index (χ3v) is 4.37. The molecule has 3 aromatic rings. The van der Waals surface area contributed by atoms with E-state index in [0.29, 0.717) is 5.75 Å². The lowest BCUT2D eigenvalue weighted by molar-refractivity contribution is 0.0693. The molecule has 0 saturated heterocycles. The van der Waals surface area contributed by atoms with E-state index in [4.69, 9.17) is 9.72 Å². The molecule has 0 amide bonds. The van der Waals surface area contributed by atoms with E-state index in [1.165, 1.54) is 18.2 Å². The molecule has 0 aliphatic rings. The van der Waals surface area contributed by atoms with Crippen molar-refractivity contribution in [2.45, 2.75) is 27.3 Å². The highest BCUT2D eigenvalue weighted by Gasteiger charge is 2.16. The number of nitrogens with zero attached hydrogens (tertiary/aromatic N) is 2. The summed E-state index contributed by atoms with van der Waals surface area (Å²) in [5, 5.41) is 9.23.